The van der Waals surface area contributed by atoms with Gasteiger partial charge in [0, 0.05) is 28.7 Å². The van der Waals surface area contributed by atoms with E-state index in [1.165, 1.54) is 76.6 Å². The van der Waals surface area contributed by atoms with Crippen molar-refractivity contribution >= 4 is 39.2 Å². The van der Waals surface area contributed by atoms with Gasteiger partial charge in [0.1, 0.15) is 0 Å². The average molecular weight is 763 g/mol. The monoisotopic (exact) mass is 762 g/mol. The summed E-state index contributed by atoms with van der Waals surface area (Å²) in [6.07, 6.45) is 15.4. The number of nitrogens with zero attached hydrogens (tertiary/aromatic N) is 2. The summed E-state index contributed by atoms with van der Waals surface area (Å²) in [7, 11) is 0. The number of anilines is 5. The fourth-order valence-corrected chi connectivity index (χ4v) is 13.0. The fraction of sp³-hybridized carbons (Fsp3) is 0.214. The van der Waals surface area contributed by atoms with Gasteiger partial charge < -0.3 is 14.5 Å². The van der Waals surface area contributed by atoms with Crippen molar-refractivity contribution in [1.29, 1.82) is 0 Å². The van der Waals surface area contributed by atoms with Gasteiger partial charge in [-0.15, -0.1) is 0 Å². The van der Waals surface area contributed by atoms with Crippen molar-refractivity contribution in [1.82, 2.24) is 0 Å². The summed E-state index contributed by atoms with van der Waals surface area (Å²) in [5.41, 5.74) is 13.4. The van der Waals surface area contributed by atoms with Crippen molar-refractivity contribution in [2.24, 2.45) is 23.2 Å². The molecule has 4 saturated carbocycles. The Morgan fingerprint density at radius 3 is 1.90 bits per heavy atom. The SMILES string of the molecule is C1=CC(c2ccc(N3c4ccccc4Oc4ccccc43)cc2)CC=C1N(c1ccc(-c2cccc3ccccc23)cc1)c1ccc(C23CC4CC5CC(C2)C54C3)cc1. The first-order valence-electron chi connectivity index (χ1n) is 21.8. The summed E-state index contributed by atoms with van der Waals surface area (Å²) in [5.74, 6) is 5.07. The van der Waals surface area contributed by atoms with E-state index in [0.717, 1.165) is 58.2 Å². The third-order valence-corrected chi connectivity index (χ3v) is 15.7. The van der Waals surface area contributed by atoms with E-state index in [-0.39, 0.29) is 0 Å². The molecule has 0 radical (unpaired) electrons. The molecular formula is C56H46N2O. The number of hydrogen-bond donors (Lipinski definition) is 0. The van der Waals surface area contributed by atoms with Crippen LogP contribution >= 0.6 is 0 Å². The summed E-state index contributed by atoms with van der Waals surface area (Å²) >= 11 is 0. The predicted molar refractivity (Wildman–Crippen MR) is 241 cm³/mol. The second-order valence-corrected chi connectivity index (χ2v) is 18.3. The predicted octanol–water partition coefficient (Wildman–Crippen LogP) is 14.9. The number of fused-ring (bicyclic) bond motifs is 4. The van der Waals surface area contributed by atoms with E-state index in [2.05, 4.69) is 168 Å². The smallest absolute Gasteiger partial charge is 0.151 e. The number of hydrogen-bond acceptors (Lipinski definition) is 3. The topological polar surface area (TPSA) is 15.7 Å². The van der Waals surface area contributed by atoms with Crippen LogP contribution in [0.25, 0.3) is 21.9 Å². The Labute approximate surface area is 346 Å². The molecule has 2 bridgehead atoms. The van der Waals surface area contributed by atoms with E-state index in [1.807, 2.05) is 24.3 Å². The minimum absolute atomic E-state index is 0.299. The third kappa shape index (κ3) is 4.94. The minimum atomic E-state index is 0.299. The van der Waals surface area contributed by atoms with Crippen LogP contribution in [0.3, 0.4) is 0 Å². The van der Waals surface area contributed by atoms with E-state index < -0.39 is 0 Å². The summed E-state index contributed by atoms with van der Waals surface area (Å²) in [5, 5.41) is 2.56. The van der Waals surface area contributed by atoms with Gasteiger partial charge in [-0.1, -0.05) is 115 Å². The van der Waals surface area contributed by atoms with Crippen molar-refractivity contribution in [2.75, 3.05) is 9.80 Å². The van der Waals surface area contributed by atoms with E-state index in [1.54, 1.807) is 5.56 Å². The van der Waals surface area contributed by atoms with Crippen LogP contribution in [-0.4, -0.2) is 0 Å². The molecule has 13 rings (SSSR count). The molecule has 5 aliphatic carbocycles. The average Bonchev–Trinajstić information content (AvgIpc) is 3.79. The molecule has 0 amide bonds. The summed E-state index contributed by atoms with van der Waals surface area (Å²) in [6, 6.07) is 60.1. The highest BCUT2D eigenvalue weighted by Crippen LogP contribution is 2.84. The lowest BCUT2D eigenvalue weighted by atomic mass is 9.38. The van der Waals surface area contributed by atoms with Gasteiger partial charge in [-0.25, -0.2) is 0 Å². The molecule has 4 fully saturated rings. The molecule has 0 N–H and O–H groups in total. The van der Waals surface area contributed by atoms with Crippen LogP contribution < -0.4 is 14.5 Å². The van der Waals surface area contributed by atoms with Crippen molar-refractivity contribution in [3.05, 3.63) is 199 Å². The highest BCUT2D eigenvalue weighted by Gasteiger charge is 2.77. The second kappa shape index (κ2) is 12.6. The molecule has 59 heavy (non-hydrogen) atoms. The molecule has 1 aliphatic heterocycles. The first-order chi connectivity index (χ1) is 29.1. The maximum Gasteiger partial charge on any atom is 0.151 e. The number of ether oxygens (including phenoxy) is 1. The molecule has 3 nitrogen and oxygen atoms in total. The lowest BCUT2D eigenvalue weighted by Gasteiger charge is -2.66. The maximum absolute atomic E-state index is 6.28. The van der Waals surface area contributed by atoms with Gasteiger partial charge in [-0.05, 0) is 167 Å². The highest BCUT2D eigenvalue weighted by atomic mass is 16.5. The van der Waals surface area contributed by atoms with E-state index >= 15 is 0 Å². The van der Waals surface area contributed by atoms with Crippen molar-refractivity contribution in [2.45, 2.75) is 49.9 Å². The van der Waals surface area contributed by atoms with Crippen LogP contribution in [-0.2, 0) is 5.41 Å². The molecule has 1 spiro atoms. The third-order valence-electron chi connectivity index (χ3n) is 15.7. The molecule has 6 aliphatic rings. The van der Waals surface area contributed by atoms with Crippen LogP contribution in [0.2, 0.25) is 0 Å². The molecular weight excluding hydrogens is 717 g/mol. The normalized spacial score (nSPS) is 26.5. The van der Waals surface area contributed by atoms with Gasteiger partial charge in [0.25, 0.3) is 0 Å². The quantitative estimate of drug-likeness (QED) is 0.161. The summed E-state index contributed by atoms with van der Waals surface area (Å²) < 4.78 is 6.28. The zero-order valence-corrected chi connectivity index (χ0v) is 33.2. The Bertz CT molecular complexity index is 2780. The Balaban J connectivity index is 0.811. The Morgan fingerprint density at radius 1 is 0.593 bits per heavy atom. The van der Waals surface area contributed by atoms with Crippen LogP contribution in [0.1, 0.15) is 55.6 Å². The Hall–Kier alpha value is -6.32. The molecule has 3 heteroatoms. The number of para-hydroxylation sites is 4. The number of benzene rings is 7. The van der Waals surface area contributed by atoms with Crippen LogP contribution in [0.15, 0.2) is 188 Å². The van der Waals surface area contributed by atoms with Gasteiger partial charge in [-0.2, -0.15) is 0 Å². The first-order valence-corrected chi connectivity index (χ1v) is 21.8. The van der Waals surface area contributed by atoms with Crippen LogP contribution in [0, 0.1) is 23.2 Å². The first kappa shape index (κ1) is 33.6. The lowest BCUT2D eigenvalue weighted by molar-refractivity contribution is -0.175. The van der Waals surface area contributed by atoms with Gasteiger partial charge in [-0.3, -0.25) is 0 Å². The van der Waals surface area contributed by atoms with Gasteiger partial charge in [0.2, 0.25) is 0 Å². The van der Waals surface area contributed by atoms with Crippen LogP contribution in [0.5, 0.6) is 11.5 Å². The zero-order chi connectivity index (χ0) is 38.7. The highest BCUT2D eigenvalue weighted by molar-refractivity contribution is 5.97. The largest absolute Gasteiger partial charge is 0.453 e. The van der Waals surface area contributed by atoms with E-state index in [4.69, 9.17) is 4.74 Å². The van der Waals surface area contributed by atoms with E-state index in [9.17, 15) is 0 Å². The molecule has 1 heterocycles. The van der Waals surface area contributed by atoms with Crippen molar-refractivity contribution in [3.63, 3.8) is 0 Å². The molecule has 3 unspecified atom stereocenters. The van der Waals surface area contributed by atoms with Crippen LogP contribution in [0.4, 0.5) is 28.4 Å². The fourth-order valence-electron chi connectivity index (χ4n) is 13.0. The Kier molecular flexibility index (Phi) is 7.18. The number of rotatable bonds is 7. The van der Waals surface area contributed by atoms with Gasteiger partial charge in [0.15, 0.2) is 11.5 Å². The lowest BCUT2D eigenvalue weighted by Crippen LogP contribution is -2.59. The van der Waals surface area contributed by atoms with Gasteiger partial charge >= 0.3 is 0 Å². The van der Waals surface area contributed by atoms with Gasteiger partial charge in [0.05, 0.1) is 11.4 Å². The van der Waals surface area contributed by atoms with Crippen molar-refractivity contribution in [3.8, 4) is 22.6 Å². The molecule has 7 aromatic rings. The van der Waals surface area contributed by atoms with Crippen molar-refractivity contribution < 1.29 is 4.74 Å². The molecule has 7 aromatic carbocycles. The Morgan fingerprint density at radius 2 is 1.24 bits per heavy atom. The van der Waals surface area contributed by atoms with E-state index in [0.29, 0.717) is 11.3 Å². The summed E-state index contributed by atoms with van der Waals surface area (Å²) in [6.45, 7) is 0. The number of allylic oxidation sites excluding steroid dienone is 3. The maximum atomic E-state index is 6.28. The zero-order valence-electron chi connectivity index (χ0n) is 33.2. The standard InChI is InChI=1S/C56H46N2O/c1-2-10-49-39(8-1)9-7-11-50(49)40-20-28-46(29-21-40)57(47-30-22-41(23-31-47)55-34-43-32-42-33-44(35-55)56(42,43)36-55)45-24-16-37(17-25-45)38-18-26-48(27-19-38)58-51-12-3-5-14-53(51)59-54-15-6-4-13-52(54)58/h1-16,18-31,37,42-44H,17,32-36H2. The molecule has 0 saturated heterocycles. The molecule has 286 valence electrons. The summed E-state index contributed by atoms with van der Waals surface area (Å²) in [4.78, 5) is 4.79. The molecule has 0 aromatic heterocycles. The minimum Gasteiger partial charge on any atom is -0.453 e. The second-order valence-electron chi connectivity index (χ2n) is 18.3. The molecule has 3 atom stereocenters.